The molecule has 0 heterocycles. The third-order valence-electron chi connectivity index (χ3n) is 5.06. The van der Waals surface area contributed by atoms with E-state index in [1.165, 1.54) is 6.92 Å². The Morgan fingerprint density at radius 2 is 1.53 bits per heavy atom. The Morgan fingerprint density at radius 3 is 2.03 bits per heavy atom. The Bertz CT molecular complexity index is 968. The summed E-state index contributed by atoms with van der Waals surface area (Å²) in [4.78, 5) is 36.1. The molecule has 8 heteroatoms. The summed E-state index contributed by atoms with van der Waals surface area (Å²) in [6, 6.07) is 14.6. The highest BCUT2D eigenvalue weighted by atomic mass is 16.7. The first-order chi connectivity index (χ1) is 15.1. The molecule has 0 aromatic heterocycles. The van der Waals surface area contributed by atoms with E-state index in [0.29, 0.717) is 0 Å². The minimum absolute atomic E-state index is 0.0698. The molecule has 0 bridgehead atoms. The topological polar surface area (TPSA) is 117 Å². The first kappa shape index (κ1) is 23.1. The van der Waals surface area contributed by atoms with Crippen LogP contribution in [0.15, 0.2) is 48.5 Å². The molecule has 0 aliphatic heterocycles. The monoisotopic (exact) mass is 440 g/mol. The Morgan fingerprint density at radius 1 is 1.00 bits per heavy atom. The molecule has 1 unspecified atom stereocenters. The lowest BCUT2D eigenvalue weighted by molar-refractivity contribution is -0.122. The highest BCUT2D eigenvalue weighted by molar-refractivity contribution is 5.85. The van der Waals surface area contributed by atoms with Gasteiger partial charge in [-0.3, -0.25) is 4.79 Å². The van der Waals surface area contributed by atoms with Gasteiger partial charge in [-0.15, -0.1) is 0 Å². The second-order valence-corrected chi connectivity index (χ2v) is 8.64. The molecule has 0 saturated heterocycles. The van der Waals surface area contributed by atoms with Crippen molar-refractivity contribution in [2.24, 2.45) is 5.73 Å². The van der Waals surface area contributed by atoms with E-state index < -0.39 is 35.9 Å². The first-order valence-corrected chi connectivity index (χ1v) is 10.4. The summed E-state index contributed by atoms with van der Waals surface area (Å²) in [5.74, 6) is -0.994. The van der Waals surface area contributed by atoms with Crippen molar-refractivity contribution >= 4 is 18.2 Å². The van der Waals surface area contributed by atoms with Crippen LogP contribution in [0, 0.1) is 0 Å². The second-order valence-electron chi connectivity index (χ2n) is 8.64. The van der Waals surface area contributed by atoms with Gasteiger partial charge in [0.05, 0.1) is 0 Å². The van der Waals surface area contributed by atoms with Crippen molar-refractivity contribution < 1.29 is 28.6 Å². The maximum atomic E-state index is 12.3. The zero-order valence-electron chi connectivity index (χ0n) is 18.6. The molecule has 3 rings (SSSR count). The zero-order chi connectivity index (χ0) is 23.5. The number of carbonyl (C=O) groups is 3. The van der Waals surface area contributed by atoms with E-state index in [0.717, 1.165) is 22.3 Å². The average molecular weight is 440 g/mol. The predicted octanol–water partition coefficient (Wildman–Crippen LogP) is 3.72. The van der Waals surface area contributed by atoms with E-state index in [1.807, 2.05) is 48.5 Å². The van der Waals surface area contributed by atoms with Crippen molar-refractivity contribution in [3.8, 4) is 11.1 Å². The highest BCUT2D eigenvalue weighted by Crippen LogP contribution is 2.44. The molecule has 0 spiro atoms. The Balaban J connectivity index is 1.61. The Labute approximate surface area is 187 Å². The number of fused-ring (bicyclic) bond motifs is 3. The molecule has 32 heavy (non-hydrogen) atoms. The number of nitrogens with two attached hydrogens (primary N) is 1. The molecule has 2 aromatic rings. The van der Waals surface area contributed by atoms with Crippen molar-refractivity contribution in [2.75, 3.05) is 6.61 Å². The van der Waals surface area contributed by atoms with Gasteiger partial charge in [-0.1, -0.05) is 48.5 Å². The van der Waals surface area contributed by atoms with Crippen LogP contribution in [0.4, 0.5) is 9.59 Å². The van der Waals surface area contributed by atoms with E-state index in [2.05, 4.69) is 5.32 Å². The van der Waals surface area contributed by atoms with Crippen LogP contribution in [0.2, 0.25) is 0 Å². The Kier molecular flexibility index (Phi) is 6.72. The summed E-state index contributed by atoms with van der Waals surface area (Å²) in [6.07, 6.45) is -2.86. The molecular weight excluding hydrogens is 412 g/mol. The number of benzene rings is 2. The van der Waals surface area contributed by atoms with Crippen LogP contribution >= 0.6 is 0 Å². The molecular formula is C24H28N2O6. The number of carbonyl (C=O) groups excluding carboxylic acids is 3. The molecule has 0 saturated carbocycles. The minimum Gasteiger partial charge on any atom is -0.444 e. The van der Waals surface area contributed by atoms with Gasteiger partial charge in [0.1, 0.15) is 24.4 Å². The van der Waals surface area contributed by atoms with Gasteiger partial charge in [-0.25, -0.2) is 9.59 Å². The first-order valence-electron chi connectivity index (χ1n) is 10.4. The fraction of sp³-hybridized carbons (Fsp3) is 0.375. The number of amides is 2. The zero-order valence-corrected chi connectivity index (χ0v) is 18.6. The van der Waals surface area contributed by atoms with E-state index >= 15 is 0 Å². The minimum atomic E-state index is -1.27. The van der Waals surface area contributed by atoms with Crippen LogP contribution in [0.3, 0.4) is 0 Å². The molecule has 170 valence electrons. The number of ether oxygens (including phenoxy) is 3. The highest BCUT2D eigenvalue weighted by Gasteiger charge is 2.32. The fourth-order valence-electron chi connectivity index (χ4n) is 3.70. The van der Waals surface area contributed by atoms with E-state index in [1.54, 1.807) is 20.8 Å². The molecule has 1 aliphatic rings. The van der Waals surface area contributed by atoms with Crippen LogP contribution in [0.25, 0.3) is 11.1 Å². The largest absolute Gasteiger partial charge is 0.508 e. The number of rotatable bonds is 6. The number of hydrogen-bond donors (Lipinski definition) is 2. The number of primary amides is 1. The lowest BCUT2D eigenvalue weighted by Gasteiger charge is -2.25. The van der Waals surface area contributed by atoms with Gasteiger partial charge in [0.2, 0.25) is 5.91 Å². The number of hydrogen-bond acceptors (Lipinski definition) is 6. The molecule has 0 radical (unpaired) electrons. The van der Waals surface area contributed by atoms with Crippen molar-refractivity contribution in [1.82, 2.24) is 5.32 Å². The molecule has 0 fully saturated rings. The molecule has 1 aliphatic carbocycles. The molecule has 2 aromatic carbocycles. The Hall–Kier alpha value is -3.55. The molecule has 8 nitrogen and oxygen atoms in total. The standard InChI is InChI=1S/C24H28N2O6/c1-14(20(21(25)27)26-22(28)32-24(2,3)4)31-23(29)30-13-19-17-11-7-5-9-15(17)16-10-6-8-12-18(16)19/h5-12,14,19-20H,13H2,1-4H3,(H2,25,27)(H,26,28)/t14?,20-/m0/s1. The maximum absolute atomic E-state index is 12.3. The lowest BCUT2D eigenvalue weighted by atomic mass is 9.98. The summed E-state index contributed by atoms with van der Waals surface area (Å²) in [5.41, 5.74) is 8.95. The van der Waals surface area contributed by atoms with Crippen molar-refractivity contribution in [3.63, 3.8) is 0 Å². The summed E-state index contributed by atoms with van der Waals surface area (Å²) in [7, 11) is 0. The number of alkyl carbamates (subject to hydrolysis) is 1. The normalized spacial score (nSPS) is 14.5. The van der Waals surface area contributed by atoms with Gasteiger partial charge in [0.15, 0.2) is 0 Å². The van der Waals surface area contributed by atoms with Crippen molar-refractivity contribution in [3.05, 3.63) is 59.7 Å². The second kappa shape index (κ2) is 9.30. The summed E-state index contributed by atoms with van der Waals surface area (Å²) in [5, 5.41) is 2.33. The van der Waals surface area contributed by atoms with Gasteiger partial charge < -0.3 is 25.3 Å². The quantitative estimate of drug-likeness (QED) is 0.661. The van der Waals surface area contributed by atoms with Gasteiger partial charge in [-0.05, 0) is 49.9 Å². The average Bonchev–Trinajstić information content (AvgIpc) is 3.03. The van der Waals surface area contributed by atoms with E-state index in [-0.39, 0.29) is 12.5 Å². The van der Waals surface area contributed by atoms with Gasteiger partial charge in [-0.2, -0.15) is 0 Å². The summed E-state index contributed by atoms with van der Waals surface area (Å²) >= 11 is 0. The van der Waals surface area contributed by atoms with Crippen molar-refractivity contribution in [2.45, 2.75) is 51.4 Å². The number of nitrogens with one attached hydrogen (secondary N) is 1. The molecule has 2 amide bonds. The van der Waals surface area contributed by atoms with Gasteiger partial charge >= 0.3 is 12.2 Å². The maximum Gasteiger partial charge on any atom is 0.508 e. The fourth-order valence-corrected chi connectivity index (χ4v) is 3.70. The van der Waals surface area contributed by atoms with Gasteiger partial charge in [0, 0.05) is 5.92 Å². The van der Waals surface area contributed by atoms with Crippen LogP contribution in [-0.4, -0.2) is 42.5 Å². The SMILES string of the molecule is CC(OC(=O)OCC1c2ccccc2-c2ccccc21)[C@H](NC(=O)OC(C)(C)C)C(N)=O. The van der Waals surface area contributed by atoms with Crippen LogP contribution in [-0.2, 0) is 19.0 Å². The van der Waals surface area contributed by atoms with Crippen molar-refractivity contribution in [1.29, 1.82) is 0 Å². The predicted molar refractivity (Wildman–Crippen MR) is 118 cm³/mol. The van der Waals surface area contributed by atoms with Crippen LogP contribution in [0.1, 0.15) is 44.7 Å². The smallest absolute Gasteiger partial charge is 0.444 e. The summed E-state index contributed by atoms with van der Waals surface area (Å²) in [6.45, 7) is 6.56. The summed E-state index contributed by atoms with van der Waals surface area (Å²) < 4.78 is 15.7. The van der Waals surface area contributed by atoms with E-state index in [9.17, 15) is 14.4 Å². The van der Waals surface area contributed by atoms with Gasteiger partial charge in [0.25, 0.3) is 0 Å². The third kappa shape index (κ3) is 5.38. The lowest BCUT2D eigenvalue weighted by Crippen LogP contribution is -2.53. The molecule has 2 atom stereocenters. The molecule has 3 N–H and O–H groups in total. The van der Waals surface area contributed by atoms with Crippen LogP contribution < -0.4 is 11.1 Å². The van der Waals surface area contributed by atoms with E-state index in [4.69, 9.17) is 19.9 Å². The third-order valence-corrected chi connectivity index (χ3v) is 5.06. The van der Waals surface area contributed by atoms with Crippen LogP contribution in [0.5, 0.6) is 0 Å².